The van der Waals surface area contributed by atoms with Crippen molar-refractivity contribution >= 4 is 17.8 Å². The molecule has 1 fully saturated rings. The van der Waals surface area contributed by atoms with Crippen molar-refractivity contribution in [1.82, 2.24) is 15.2 Å². The monoisotopic (exact) mass is 479 g/mol. The van der Waals surface area contributed by atoms with E-state index in [1.165, 1.54) is 0 Å². The molecule has 35 heavy (non-hydrogen) atoms. The number of likely N-dealkylation sites (tertiary alicyclic amines) is 1. The number of benzene rings is 1. The number of aromatic nitrogens is 1. The number of carboxylic acid groups (broad SMARTS) is 1. The molecule has 2 N–H and O–H groups in total. The molecule has 7 heteroatoms. The lowest BCUT2D eigenvalue weighted by Crippen LogP contribution is -2.53. The van der Waals surface area contributed by atoms with Crippen molar-refractivity contribution in [3.63, 3.8) is 0 Å². The van der Waals surface area contributed by atoms with Crippen LogP contribution in [0.15, 0.2) is 36.7 Å². The van der Waals surface area contributed by atoms with Crippen LogP contribution in [0.3, 0.4) is 0 Å². The van der Waals surface area contributed by atoms with Crippen LogP contribution in [0.2, 0.25) is 0 Å². The van der Waals surface area contributed by atoms with Crippen molar-refractivity contribution in [2.45, 2.75) is 72.4 Å². The van der Waals surface area contributed by atoms with Gasteiger partial charge in [-0.05, 0) is 66.8 Å². The van der Waals surface area contributed by atoms with Crippen LogP contribution >= 0.6 is 0 Å². The number of carbonyl (C=O) groups is 3. The first-order valence-electron chi connectivity index (χ1n) is 12.4. The molecule has 0 aliphatic carbocycles. The van der Waals surface area contributed by atoms with E-state index in [4.69, 9.17) is 0 Å². The Kier molecular flexibility index (Phi) is 8.65. The lowest BCUT2D eigenvalue weighted by molar-refractivity contribution is -0.145. The molecule has 0 bridgehead atoms. The molecule has 0 saturated carbocycles. The molecule has 0 spiro atoms. The van der Waals surface area contributed by atoms with Crippen LogP contribution in [-0.4, -0.2) is 45.4 Å². The highest BCUT2D eigenvalue weighted by Gasteiger charge is 2.35. The van der Waals surface area contributed by atoms with Crippen molar-refractivity contribution in [3.8, 4) is 11.1 Å². The van der Waals surface area contributed by atoms with E-state index in [-0.39, 0.29) is 24.2 Å². The van der Waals surface area contributed by atoms with Crippen LogP contribution in [0.25, 0.3) is 11.1 Å². The molecule has 2 amide bonds. The first-order valence-corrected chi connectivity index (χ1v) is 12.4. The standard InChI is InChI=1S/C28H37N3O4/c1-17(2)11-24(31-10-9-18(3)12-25(31)32)28(35)30-23(14-26(33)34)21-13-22(16-29-15-21)27-19(4)7-6-8-20(27)5/h6-8,13,15-18,23-24H,9-12,14H2,1-5H3,(H,30,35)(H,33,34). The summed E-state index contributed by atoms with van der Waals surface area (Å²) < 4.78 is 0. The molecule has 3 rings (SSSR count). The van der Waals surface area contributed by atoms with E-state index in [2.05, 4.69) is 10.3 Å². The van der Waals surface area contributed by atoms with E-state index in [1.54, 1.807) is 17.3 Å². The van der Waals surface area contributed by atoms with Gasteiger partial charge in [0.2, 0.25) is 11.8 Å². The number of amides is 2. The Bertz CT molecular complexity index is 1060. The maximum absolute atomic E-state index is 13.5. The average Bonchev–Trinajstić information content (AvgIpc) is 2.77. The van der Waals surface area contributed by atoms with Gasteiger partial charge in [0, 0.05) is 30.9 Å². The van der Waals surface area contributed by atoms with Crippen LogP contribution < -0.4 is 5.32 Å². The second-order valence-corrected chi connectivity index (χ2v) is 10.3. The van der Waals surface area contributed by atoms with E-state index in [0.29, 0.717) is 30.9 Å². The smallest absolute Gasteiger partial charge is 0.305 e. The summed E-state index contributed by atoms with van der Waals surface area (Å²) in [7, 11) is 0. The zero-order valence-corrected chi connectivity index (χ0v) is 21.4. The van der Waals surface area contributed by atoms with Gasteiger partial charge in [-0.1, -0.05) is 39.0 Å². The maximum atomic E-state index is 13.5. The molecule has 1 aromatic heterocycles. The summed E-state index contributed by atoms with van der Waals surface area (Å²) in [5.74, 6) is -0.843. The Labute approximate surface area is 207 Å². The number of hydrogen-bond acceptors (Lipinski definition) is 4. The number of aryl methyl sites for hydroxylation is 2. The summed E-state index contributed by atoms with van der Waals surface area (Å²) in [5, 5.41) is 12.6. The minimum Gasteiger partial charge on any atom is -0.481 e. The Morgan fingerprint density at radius 2 is 1.89 bits per heavy atom. The molecule has 1 aliphatic rings. The lowest BCUT2D eigenvalue weighted by atomic mass is 9.93. The highest BCUT2D eigenvalue weighted by atomic mass is 16.4. The summed E-state index contributed by atoms with van der Waals surface area (Å²) >= 11 is 0. The van der Waals surface area contributed by atoms with Gasteiger partial charge in [0.15, 0.2) is 0 Å². The third-order valence-electron chi connectivity index (χ3n) is 6.71. The second kappa shape index (κ2) is 11.5. The molecular formula is C28H37N3O4. The van der Waals surface area contributed by atoms with Gasteiger partial charge in [0.25, 0.3) is 0 Å². The first kappa shape index (κ1) is 26.4. The second-order valence-electron chi connectivity index (χ2n) is 10.3. The molecule has 1 aliphatic heterocycles. The third kappa shape index (κ3) is 6.68. The van der Waals surface area contributed by atoms with E-state index in [9.17, 15) is 19.5 Å². The average molecular weight is 480 g/mol. The Hall–Kier alpha value is -3.22. The number of aliphatic carboxylic acids is 1. The third-order valence-corrected chi connectivity index (χ3v) is 6.71. The fourth-order valence-electron chi connectivity index (χ4n) is 4.90. The molecular weight excluding hydrogens is 442 g/mol. The number of carboxylic acids is 1. The highest BCUT2D eigenvalue weighted by molar-refractivity contribution is 5.88. The van der Waals surface area contributed by atoms with Crippen LogP contribution in [0, 0.1) is 25.7 Å². The maximum Gasteiger partial charge on any atom is 0.305 e. The van der Waals surface area contributed by atoms with Crippen molar-refractivity contribution in [3.05, 3.63) is 53.3 Å². The Balaban J connectivity index is 1.91. The van der Waals surface area contributed by atoms with Gasteiger partial charge in [-0.2, -0.15) is 0 Å². The van der Waals surface area contributed by atoms with E-state index in [0.717, 1.165) is 28.7 Å². The number of nitrogens with one attached hydrogen (secondary N) is 1. The van der Waals surface area contributed by atoms with Crippen molar-refractivity contribution in [2.75, 3.05) is 6.54 Å². The largest absolute Gasteiger partial charge is 0.481 e. The van der Waals surface area contributed by atoms with Crippen LogP contribution in [0.4, 0.5) is 0 Å². The number of nitrogens with zero attached hydrogens (tertiary/aromatic N) is 2. The molecule has 3 unspecified atom stereocenters. The predicted molar refractivity (Wildman–Crippen MR) is 136 cm³/mol. The zero-order valence-electron chi connectivity index (χ0n) is 21.4. The summed E-state index contributed by atoms with van der Waals surface area (Å²) in [4.78, 5) is 44.1. The van der Waals surface area contributed by atoms with Gasteiger partial charge in [-0.15, -0.1) is 0 Å². The fraction of sp³-hybridized carbons (Fsp3) is 0.500. The van der Waals surface area contributed by atoms with Gasteiger partial charge >= 0.3 is 5.97 Å². The normalized spacial score (nSPS) is 17.8. The molecule has 3 atom stereocenters. The van der Waals surface area contributed by atoms with E-state index < -0.39 is 18.1 Å². The summed E-state index contributed by atoms with van der Waals surface area (Å²) in [6.07, 6.45) is 4.90. The number of pyridine rings is 1. The number of carbonyl (C=O) groups excluding carboxylic acids is 2. The molecule has 2 heterocycles. The highest BCUT2D eigenvalue weighted by Crippen LogP contribution is 2.30. The fourth-order valence-corrected chi connectivity index (χ4v) is 4.90. The molecule has 188 valence electrons. The van der Waals surface area contributed by atoms with Crippen LogP contribution in [0.1, 0.15) is 69.2 Å². The van der Waals surface area contributed by atoms with E-state index in [1.807, 2.05) is 58.9 Å². The van der Waals surface area contributed by atoms with Crippen molar-refractivity contribution in [2.24, 2.45) is 11.8 Å². The summed E-state index contributed by atoms with van der Waals surface area (Å²) in [5.41, 5.74) is 4.74. The molecule has 1 saturated heterocycles. The quantitative estimate of drug-likeness (QED) is 0.544. The van der Waals surface area contributed by atoms with Gasteiger partial charge < -0.3 is 15.3 Å². The first-order chi connectivity index (χ1) is 16.6. The van der Waals surface area contributed by atoms with Gasteiger partial charge in [-0.25, -0.2) is 0 Å². The summed E-state index contributed by atoms with van der Waals surface area (Å²) in [6, 6.07) is 6.57. The van der Waals surface area contributed by atoms with Gasteiger partial charge in [0.1, 0.15) is 6.04 Å². The van der Waals surface area contributed by atoms with Gasteiger partial charge in [0.05, 0.1) is 12.5 Å². The minimum atomic E-state index is -1.02. The molecule has 0 radical (unpaired) electrons. The predicted octanol–water partition coefficient (Wildman–Crippen LogP) is 4.67. The minimum absolute atomic E-state index is 0.0157. The summed E-state index contributed by atoms with van der Waals surface area (Å²) in [6.45, 7) is 10.7. The van der Waals surface area contributed by atoms with Crippen molar-refractivity contribution in [1.29, 1.82) is 0 Å². The lowest BCUT2D eigenvalue weighted by Gasteiger charge is -2.37. The number of hydrogen-bond donors (Lipinski definition) is 2. The SMILES string of the molecule is Cc1cccc(C)c1-c1cncc(C(CC(=O)O)NC(=O)C(CC(C)C)N2CCC(C)CC2=O)c1. The Morgan fingerprint density at radius 1 is 1.20 bits per heavy atom. The van der Waals surface area contributed by atoms with Crippen LogP contribution in [0.5, 0.6) is 0 Å². The Morgan fingerprint density at radius 3 is 2.49 bits per heavy atom. The van der Waals surface area contributed by atoms with Crippen molar-refractivity contribution < 1.29 is 19.5 Å². The molecule has 1 aromatic carbocycles. The molecule has 2 aromatic rings. The number of piperidine rings is 1. The zero-order chi connectivity index (χ0) is 25.7. The topological polar surface area (TPSA) is 99.6 Å². The van der Waals surface area contributed by atoms with Crippen LogP contribution in [-0.2, 0) is 14.4 Å². The number of rotatable bonds is 9. The van der Waals surface area contributed by atoms with E-state index >= 15 is 0 Å². The van der Waals surface area contributed by atoms with Gasteiger partial charge in [-0.3, -0.25) is 19.4 Å². The molecule has 7 nitrogen and oxygen atoms in total.